The SMILES string of the molecule is CC(C)OCCOCC(=O)N1CCNCC1. The molecule has 1 saturated heterocycles. The number of carbonyl (C=O) groups excluding carboxylic acids is 1. The highest BCUT2D eigenvalue weighted by atomic mass is 16.5. The van der Waals surface area contributed by atoms with E-state index in [1.165, 1.54) is 0 Å². The van der Waals surface area contributed by atoms with Crippen LogP contribution in [0, 0.1) is 0 Å². The van der Waals surface area contributed by atoms with Crippen LogP contribution in [0.1, 0.15) is 13.8 Å². The first-order chi connectivity index (χ1) is 7.70. The lowest BCUT2D eigenvalue weighted by Crippen LogP contribution is -2.47. The fraction of sp³-hybridized carbons (Fsp3) is 0.909. The third kappa shape index (κ3) is 5.44. The Balaban J connectivity index is 2.01. The lowest BCUT2D eigenvalue weighted by atomic mass is 10.3. The van der Waals surface area contributed by atoms with Gasteiger partial charge in [0.25, 0.3) is 0 Å². The van der Waals surface area contributed by atoms with E-state index in [9.17, 15) is 4.79 Å². The molecular formula is C11H22N2O3. The monoisotopic (exact) mass is 230 g/mol. The molecule has 1 rings (SSSR count). The van der Waals surface area contributed by atoms with Crippen LogP contribution in [-0.4, -0.2) is 62.9 Å². The summed E-state index contributed by atoms with van der Waals surface area (Å²) in [5.41, 5.74) is 0. The van der Waals surface area contributed by atoms with Gasteiger partial charge < -0.3 is 19.7 Å². The van der Waals surface area contributed by atoms with E-state index in [0.717, 1.165) is 26.2 Å². The zero-order chi connectivity index (χ0) is 11.8. The van der Waals surface area contributed by atoms with Crippen molar-refractivity contribution in [3.05, 3.63) is 0 Å². The Kier molecular flexibility index (Phi) is 6.37. The van der Waals surface area contributed by atoms with Crippen molar-refractivity contribution >= 4 is 5.91 Å². The fourth-order valence-corrected chi connectivity index (χ4v) is 1.51. The van der Waals surface area contributed by atoms with Gasteiger partial charge in [-0.3, -0.25) is 4.79 Å². The smallest absolute Gasteiger partial charge is 0.248 e. The third-order valence-electron chi connectivity index (χ3n) is 2.37. The number of amides is 1. The first-order valence-corrected chi connectivity index (χ1v) is 5.88. The Hall–Kier alpha value is -0.650. The maximum Gasteiger partial charge on any atom is 0.248 e. The molecule has 1 fully saturated rings. The minimum absolute atomic E-state index is 0.0750. The molecule has 0 aromatic carbocycles. The molecule has 1 N–H and O–H groups in total. The first-order valence-electron chi connectivity index (χ1n) is 5.88. The number of ether oxygens (including phenoxy) is 2. The number of rotatable bonds is 6. The Labute approximate surface area is 97.1 Å². The average Bonchev–Trinajstić information content (AvgIpc) is 2.29. The number of piperazine rings is 1. The molecule has 0 aromatic rings. The number of nitrogens with one attached hydrogen (secondary N) is 1. The van der Waals surface area contributed by atoms with E-state index in [1.54, 1.807) is 0 Å². The minimum Gasteiger partial charge on any atom is -0.376 e. The van der Waals surface area contributed by atoms with Gasteiger partial charge >= 0.3 is 0 Å². The molecule has 0 unspecified atom stereocenters. The van der Waals surface area contributed by atoms with Gasteiger partial charge in [-0.25, -0.2) is 0 Å². The predicted octanol–water partition coefficient (Wildman–Crippen LogP) is -0.140. The van der Waals surface area contributed by atoms with Crippen LogP contribution in [0.3, 0.4) is 0 Å². The summed E-state index contributed by atoms with van der Waals surface area (Å²) in [6, 6.07) is 0. The maximum atomic E-state index is 11.6. The van der Waals surface area contributed by atoms with E-state index in [1.807, 2.05) is 18.7 Å². The Morgan fingerprint density at radius 2 is 2.00 bits per heavy atom. The van der Waals surface area contributed by atoms with Crippen LogP contribution in [0.4, 0.5) is 0 Å². The molecule has 5 nitrogen and oxygen atoms in total. The van der Waals surface area contributed by atoms with Crippen LogP contribution in [-0.2, 0) is 14.3 Å². The highest BCUT2D eigenvalue weighted by molar-refractivity contribution is 5.77. The van der Waals surface area contributed by atoms with Gasteiger partial charge in [-0.15, -0.1) is 0 Å². The summed E-state index contributed by atoms with van der Waals surface area (Å²) in [5.74, 6) is 0.0750. The second-order valence-corrected chi connectivity index (χ2v) is 4.10. The largest absolute Gasteiger partial charge is 0.376 e. The van der Waals surface area contributed by atoms with Gasteiger partial charge in [0, 0.05) is 26.2 Å². The van der Waals surface area contributed by atoms with Crippen molar-refractivity contribution in [3.8, 4) is 0 Å². The molecule has 0 spiro atoms. The molecule has 94 valence electrons. The zero-order valence-electron chi connectivity index (χ0n) is 10.2. The summed E-state index contributed by atoms with van der Waals surface area (Å²) < 4.78 is 10.6. The number of hydrogen-bond acceptors (Lipinski definition) is 4. The molecule has 0 bridgehead atoms. The number of carbonyl (C=O) groups is 1. The average molecular weight is 230 g/mol. The number of nitrogens with zero attached hydrogens (tertiary/aromatic N) is 1. The Bertz CT molecular complexity index is 203. The van der Waals surface area contributed by atoms with Crippen molar-refractivity contribution in [2.45, 2.75) is 20.0 Å². The first kappa shape index (κ1) is 13.4. The van der Waals surface area contributed by atoms with Crippen molar-refractivity contribution < 1.29 is 14.3 Å². The van der Waals surface area contributed by atoms with Crippen molar-refractivity contribution in [2.24, 2.45) is 0 Å². The van der Waals surface area contributed by atoms with Crippen LogP contribution in [0.25, 0.3) is 0 Å². The van der Waals surface area contributed by atoms with Crippen LogP contribution >= 0.6 is 0 Å². The normalized spacial score (nSPS) is 16.8. The van der Waals surface area contributed by atoms with E-state index in [-0.39, 0.29) is 18.6 Å². The van der Waals surface area contributed by atoms with E-state index < -0.39 is 0 Å². The second-order valence-electron chi connectivity index (χ2n) is 4.10. The highest BCUT2D eigenvalue weighted by Gasteiger charge is 2.15. The Morgan fingerprint density at radius 1 is 1.31 bits per heavy atom. The molecule has 1 aliphatic rings. The molecule has 16 heavy (non-hydrogen) atoms. The second kappa shape index (κ2) is 7.60. The lowest BCUT2D eigenvalue weighted by molar-refractivity contribution is -0.137. The predicted molar refractivity (Wildman–Crippen MR) is 61.4 cm³/mol. The molecule has 1 heterocycles. The van der Waals surface area contributed by atoms with Crippen LogP contribution in [0.15, 0.2) is 0 Å². The molecule has 0 radical (unpaired) electrons. The van der Waals surface area contributed by atoms with Gasteiger partial charge in [-0.05, 0) is 13.8 Å². The van der Waals surface area contributed by atoms with Gasteiger partial charge in [-0.1, -0.05) is 0 Å². The van der Waals surface area contributed by atoms with E-state index in [2.05, 4.69) is 5.32 Å². The lowest BCUT2D eigenvalue weighted by Gasteiger charge is -2.27. The van der Waals surface area contributed by atoms with Gasteiger partial charge in [0.05, 0.1) is 19.3 Å². The summed E-state index contributed by atoms with van der Waals surface area (Å²) in [6.45, 7) is 8.47. The molecular weight excluding hydrogens is 208 g/mol. The van der Waals surface area contributed by atoms with E-state index >= 15 is 0 Å². The third-order valence-corrected chi connectivity index (χ3v) is 2.37. The molecule has 0 atom stereocenters. The summed E-state index contributed by atoms with van der Waals surface area (Å²) in [6.07, 6.45) is 0.215. The zero-order valence-corrected chi connectivity index (χ0v) is 10.2. The molecule has 0 aliphatic carbocycles. The quantitative estimate of drug-likeness (QED) is 0.645. The summed E-state index contributed by atoms with van der Waals surface area (Å²) in [7, 11) is 0. The topological polar surface area (TPSA) is 50.8 Å². The summed E-state index contributed by atoms with van der Waals surface area (Å²) in [4.78, 5) is 13.5. The van der Waals surface area contributed by atoms with Crippen LogP contribution in [0.5, 0.6) is 0 Å². The molecule has 0 saturated carbocycles. The standard InChI is InChI=1S/C11H22N2O3/c1-10(2)16-8-7-15-9-11(14)13-5-3-12-4-6-13/h10,12H,3-9H2,1-2H3. The van der Waals surface area contributed by atoms with Gasteiger partial charge in [0.2, 0.25) is 5.91 Å². The van der Waals surface area contributed by atoms with Crippen LogP contribution < -0.4 is 5.32 Å². The Morgan fingerprint density at radius 3 is 2.62 bits per heavy atom. The molecule has 5 heteroatoms. The van der Waals surface area contributed by atoms with Crippen molar-refractivity contribution in [1.82, 2.24) is 10.2 Å². The fourth-order valence-electron chi connectivity index (χ4n) is 1.51. The molecule has 1 aliphatic heterocycles. The summed E-state index contributed by atoms with van der Waals surface area (Å²) in [5, 5.41) is 3.20. The van der Waals surface area contributed by atoms with E-state index in [0.29, 0.717) is 13.2 Å². The van der Waals surface area contributed by atoms with Crippen molar-refractivity contribution in [1.29, 1.82) is 0 Å². The summed E-state index contributed by atoms with van der Waals surface area (Å²) >= 11 is 0. The van der Waals surface area contributed by atoms with Gasteiger partial charge in [0.15, 0.2) is 0 Å². The highest BCUT2D eigenvalue weighted by Crippen LogP contribution is 1.94. The maximum absolute atomic E-state index is 11.6. The van der Waals surface area contributed by atoms with Crippen molar-refractivity contribution in [2.75, 3.05) is 46.0 Å². The molecule has 1 amide bonds. The molecule has 0 aromatic heterocycles. The van der Waals surface area contributed by atoms with Crippen LogP contribution in [0.2, 0.25) is 0 Å². The van der Waals surface area contributed by atoms with Gasteiger partial charge in [0.1, 0.15) is 6.61 Å². The number of hydrogen-bond donors (Lipinski definition) is 1. The van der Waals surface area contributed by atoms with Crippen molar-refractivity contribution in [3.63, 3.8) is 0 Å². The van der Waals surface area contributed by atoms with E-state index in [4.69, 9.17) is 9.47 Å². The van der Waals surface area contributed by atoms with Gasteiger partial charge in [-0.2, -0.15) is 0 Å². The minimum atomic E-state index is 0.0750.